The molecule has 2 rings (SSSR count). The third kappa shape index (κ3) is 3.79. The molecule has 0 aromatic heterocycles. The average Bonchev–Trinajstić information content (AvgIpc) is 2.47. The molecule has 1 heterocycles. The van der Waals surface area contributed by atoms with Gasteiger partial charge in [-0.15, -0.1) is 0 Å². The van der Waals surface area contributed by atoms with Crippen LogP contribution in [0.1, 0.15) is 36.5 Å². The van der Waals surface area contributed by atoms with E-state index in [2.05, 4.69) is 11.8 Å². The second kappa shape index (κ2) is 7.00. The summed E-state index contributed by atoms with van der Waals surface area (Å²) in [5, 5.41) is 10.7. The first-order chi connectivity index (χ1) is 10.0. The molecule has 0 bridgehead atoms. The Bertz CT molecular complexity index is 577. The molecule has 0 aliphatic carbocycles. The molecule has 5 nitrogen and oxygen atoms in total. The van der Waals surface area contributed by atoms with E-state index in [0.29, 0.717) is 22.8 Å². The molecule has 0 saturated carbocycles. The van der Waals surface area contributed by atoms with Crippen molar-refractivity contribution in [2.24, 2.45) is 0 Å². The number of nitro benzene ring substituents is 1. The van der Waals surface area contributed by atoms with E-state index in [1.54, 1.807) is 6.07 Å². The minimum absolute atomic E-state index is 0.0845. The molecule has 21 heavy (non-hydrogen) atoms. The lowest BCUT2D eigenvalue weighted by Gasteiger charge is -2.35. The predicted molar refractivity (Wildman–Crippen MR) is 87.0 cm³/mol. The lowest BCUT2D eigenvalue weighted by molar-refractivity contribution is -0.384. The molecule has 7 heteroatoms. The number of rotatable bonds is 3. The maximum Gasteiger partial charge on any atom is 0.270 e. The summed E-state index contributed by atoms with van der Waals surface area (Å²) >= 11 is 6.79. The van der Waals surface area contributed by atoms with Crippen molar-refractivity contribution in [3.05, 3.63) is 33.9 Å². The number of nitrogens with zero attached hydrogens (tertiary/aromatic N) is 2. The van der Waals surface area contributed by atoms with Crippen molar-refractivity contribution in [2.75, 3.05) is 6.54 Å². The number of piperidine rings is 1. The Hall–Kier alpha value is -1.47. The van der Waals surface area contributed by atoms with E-state index < -0.39 is 4.92 Å². The quantitative estimate of drug-likeness (QED) is 0.278. The maximum absolute atomic E-state index is 11.1. The summed E-state index contributed by atoms with van der Waals surface area (Å²) in [7, 11) is 0. The molecule has 112 valence electrons. The van der Waals surface area contributed by atoms with Gasteiger partial charge < -0.3 is 4.90 Å². The van der Waals surface area contributed by atoms with Crippen LogP contribution in [-0.2, 0) is 0 Å². The fraction of sp³-hybridized carbons (Fsp3) is 0.429. The molecule has 1 aromatic carbocycles. The molecule has 1 aliphatic rings. The van der Waals surface area contributed by atoms with Gasteiger partial charge in [0.25, 0.3) is 5.69 Å². The van der Waals surface area contributed by atoms with Gasteiger partial charge in [0.15, 0.2) is 6.29 Å². The minimum atomic E-state index is -0.507. The molecular formula is C14H16N2O3S2. The zero-order valence-corrected chi connectivity index (χ0v) is 13.3. The van der Waals surface area contributed by atoms with E-state index >= 15 is 0 Å². The van der Waals surface area contributed by atoms with Crippen molar-refractivity contribution in [1.29, 1.82) is 0 Å². The molecule has 1 atom stereocenters. The van der Waals surface area contributed by atoms with Crippen LogP contribution in [0.3, 0.4) is 0 Å². The number of thioether (sulfide) groups is 1. The Morgan fingerprint density at radius 2 is 2.29 bits per heavy atom. The first-order valence-corrected chi connectivity index (χ1v) is 7.97. The van der Waals surface area contributed by atoms with Crippen LogP contribution >= 0.6 is 24.0 Å². The summed E-state index contributed by atoms with van der Waals surface area (Å²) < 4.78 is 0.721. The minimum Gasteiger partial charge on any atom is -0.355 e. The van der Waals surface area contributed by atoms with Gasteiger partial charge in [-0.25, -0.2) is 0 Å². The van der Waals surface area contributed by atoms with Crippen LogP contribution in [0.15, 0.2) is 23.1 Å². The van der Waals surface area contributed by atoms with Crippen LogP contribution in [0.4, 0.5) is 5.69 Å². The Balaban J connectivity index is 2.16. The van der Waals surface area contributed by atoms with Crippen LogP contribution in [0.25, 0.3) is 0 Å². The zero-order chi connectivity index (χ0) is 15.4. The molecule has 1 fully saturated rings. The Morgan fingerprint density at radius 1 is 1.52 bits per heavy atom. The lowest BCUT2D eigenvalue weighted by atomic mass is 10.1. The van der Waals surface area contributed by atoms with Gasteiger partial charge in [-0.2, -0.15) is 0 Å². The number of benzene rings is 1. The number of carbonyl (C=O) groups excluding carboxylic acids is 1. The Labute approximate surface area is 132 Å². The summed E-state index contributed by atoms with van der Waals surface area (Å²) in [6.07, 6.45) is 4.08. The van der Waals surface area contributed by atoms with Gasteiger partial charge in [-0.05, 0) is 32.3 Å². The molecular weight excluding hydrogens is 308 g/mol. The Kier molecular flexibility index (Phi) is 5.30. The van der Waals surface area contributed by atoms with Crippen LogP contribution in [0, 0.1) is 10.1 Å². The zero-order valence-electron chi connectivity index (χ0n) is 11.7. The molecule has 1 saturated heterocycles. The standard InChI is InChI=1S/C14H16N2O3S2/c1-10-4-2-3-7-15(10)14(20)21-13-6-5-12(16(18)19)8-11(13)9-17/h5-6,8-10H,2-4,7H2,1H3/t10-/m0/s1. The summed E-state index contributed by atoms with van der Waals surface area (Å²) in [4.78, 5) is 24.2. The fourth-order valence-corrected chi connectivity index (χ4v) is 3.83. The number of likely N-dealkylation sites (tertiary alicyclic amines) is 1. The first kappa shape index (κ1) is 15.9. The van der Waals surface area contributed by atoms with Crippen molar-refractivity contribution in [2.45, 2.75) is 37.1 Å². The van der Waals surface area contributed by atoms with Gasteiger partial charge >= 0.3 is 0 Å². The number of hydrogen-bond donors (Lipinski definition) is 0. The molecule has 0 amide bonds. The normalized spacial score (nSPS) is 18.3. The van der Waals surface area contributed by atoms with Crippen molar-refractivity contribution in [3.8, 4) is 0 Å². The Morgan fingerprint density at radius 3 is 2.90 bits per heavy atom. The highest BCUT2D eigenvalue weighted by molar-refractivity contribution is 8.23. The maximum atomic E-state index is 11.1. The third-order valence-electron chi connectivity index (χ3n) is 3.57. The number of nitro groups is 1. The first-order valence-electron chi connectivity index (χ1n) is 6.75. The van der Waals surface area contributed by atoms with Gasteiger partial charge in [0, 0.05) is 35.2 Å². The molecule has 1 aromatic rings. The molecule has 1 aliphatic heterocycles. The van der Waals surface area contributed by atoms with Crippen molar-refractivity contribution in [3.63, 3.8) is 0 Å². The number of aldehydes is 1. The summed E-state index contributed by atoms with van der Waals surface area (Å²) in [6.45, 7) is 3.07. The van der Waals surface area contributed by atoms with Crippen molar-refractivity contribution in [1.82, 2.24) is 4.90 Å². The van der Waals surface area contributed by atoms with E-state index in [1.807, 2.05) is 0 Å². The largest absolute Gasteiger partial charge is 0.355 e. The second-order valence-electron chi connectivity index (χ2n) is 5.00. The fourth-order valence-electron chi connectivity index (χ4n) is 2.36. The van der Waals surface area contributed by atoms with Gasteiger partial charge in [0.05, 0.1) is 4.92 Å². The molecule has 0 N–H and O–H groups in total. The summed E-state index contributed by atoms with van der Waals surface area (Å²) in [5.41, 5.74) is 0.222. The highest BCUT2D eigenvalue weighted by Crippen LogP contribution is 2.30. The highest BCUT2D eigenvalue weighted by atomic mass is 32.2. The SMILES string of the molecule is C[C@H]1CCCCN1C(=S)Sc1ccc([N+](=O)[O-])cc1C=O. The molecule has 0 spiro atoms. The second-order valence-corrected chi connectivity index (χ2v) is 6.68. The number of non-ortho nitro benzene ring substituents is 1. The van der Waals surface area contributed by atoms with Gasteiger partial charge in [0.2, 0.25) is 0 Å². The third-order valence-corrected chi connectivity index (χ3v) is 5.05. The van der Waals surface area contributed by atoms with Crippen LogP contribution in [0.5, 0.6) is 0 Å². The predicted octanol–water partition coefficient (Wildman–Crippen LogP) is 3.66. The van der Waals surface area contributed by atoms with E-state index in [0.717, 1.165) is 23.7 Å². The van der Waals surface area contributed by atoms with Gasteiger partial charge in [-0.3, -0.25) is 14.9 Å². The smallest absolute Gasteiger partial charge is 0.270 e. The number of carbonyl (C=O) groups is 1. The monoisotopic (exact) mass is 324 g/mol. The van der Waals surface area contributed by atoms with Gasteiger partial charge in [-0.1, -0.05) is 24.0 Å². The number of hydrogen-bond acceptors (Lipinski definition) is 5. The topological polar surface area (TPSA) is 63.4 Å². The van der Waals surface area contributed by atoms with Gasteiger partial charge in [0.1, 0.15) is 4.32 Å². The molecule has 0 radical (unpaired) electrons. The summed E-state index contributed by atoms with van der Waals surface area (Å²) in [5.74, 6) is 0. The van der Waals surface area contributed by atoms with E-state index in [1.165, 1.54) is 30.3 Å². The van der Waals surface area contributed by atoms with E-state index in [4.69, 9.17) is 12.2 Å². The van der Waals surface area contributed by atoms with Crippen molar-refractivity contribution >= 4 is 40.3 Å². The van der Waals surface area contributed by atoms with Crippen molar-refractivity contribution < 1.29 is 9.72 Å². The van der Waals surface area contributed by atoms with Crippen LogP contribution in [0.2, 0.25) is 0 Å². The number of thiocarbonyl (C=S) groups is 1. The van der Waals surface area contributed by atoms with Crippen LogP contribution < -0.4 is 0 Å². The molecule has 0 unspecified atom stereocenters. The van der Waals surface area contributed by atoms with E-state index in [-0.39, 0.29) is 5.69 Å². The van der Waals surface area contributed by atoms with Crippen LogP contribution in [-0.4, -0.2) is 33.0 Å². The van der Waals surface area contributed by atoms with E-state index in [9.17, 15) is 14.9 Å². The summed E-state index contributed by atoms with van der Waals surface area (Å²) in [6, 6.07) is 4.68. The average molecular weight is 324 g/mol. The highest BCUT2D eigenvalue weighted by Gasteiger charge is 2.22. The lowest BCUT2D eigenvalue weighted by Crippen LogP contribution is -2.39.